The van der Waals surface area contributed by atoms with E-state index in [0.717, 1.165) is 22.0 Å². The molecule has 2 nitrogen and oxygen atoms in total. The number of hydrogen-bond donors (Lipinski definition) is 0. The first-order valence-electron chi connectivity index (χ1n) is 5.78. The van der Waals surface area contributed by atoms with Gasteiger partial charge in [0.05, 0.1) is 11.4 Å². The minimum atomic E-state index is 0.939. The molecule has 2 heterocycles. The molecule has 3 rings (SSSR count). The maximum atomic E-state index is 4.67. The largest absolute Gasteiger partial charge is 0.245 e. The Morgan fingerprint density at radius 1 is 0.889 bits per heavy atom. The van der Waals surface area contributed by atoms with Gasteiger partial charge in [-0.05, 0) is 19.1 Å². The van der Waals surface area contributed by atoms with Crippen molar-refractivity contribution >= 4 is 11.3 Å². The summed E-state index contributed by atoms with van der Waals surface area (Å²) in [6, 6.07) is 16.3. The molecule has 3 heteroatoms. The SMILES string of the molecule is Cc1cnc(-c2cccc(-c3ccccc3)n2)s1. The molecule has 0 amide bonds. The fourth-order valence-corrected chi connectivity index (χ4v) is 2.53. The van der Waals surface area contributed by atoms with Gasteiger partial charge < -0.3 is 0 Å². The van der Waals surface area contributed by atoms with Gasteiger partial charge in [-0.25, -0.2) is 9.97 Å². The number of thiazole rings is 1. The van der Waals surface area contributed by atoms with Crippen LogP contribution in [0.2, 0.25) is 0 Å². The fraction of sp³-hybridized carbons (Fsp3) is 0.0667. The smallest absolute Gasteiger partial charge is 0.142 e. The Balaban J connectivity index is 2.05. The van der Waals surface area contributed by atoms with Gasteiger partial charge in [-0.15, -0.1) is 11.3 Å². The van der Waals surface area contributed by atoms with Crippen LogP contribution in [-0.2, 0) is 0 Å². The fourth-order valence-electron chi connectivity index (χ4n) is 1.80. The standard InChI is InChI=1S/C15H12N2S/c1-11-10-16-15(18-11)14-9-5-8-13(17-14)12-6-3-2-4-7-12/h2-10H,1H3. The molecule has 2 aromatic heterocycles. The second-order valence-corrected chi connectivity index (χ2v) is 5.28. The third-order valence-electron chi connectivity index (χ3n) is 2.66. The highest BCUT2D eigenvalue weighted by atomic mass is 32.1. The lowest BCUT2D eigenvalue weighted by Crippen LogP contribution is -1.86. The van der Waals surface area contributed by atoms with Crippen LogP contribution >= 0.6 is 11.3 Å². The summed E-state index contributed by atoms with van der Waals surface area (Å²) in [5.41, 5.74) is 3.06. The van der Waals surface area contributed by atoms with Crippen molar-refractivity contribution in [3.05, 3.63) is 59.6 Å². The molecule has 0 saturated heterocycles. The number of aromatic nitrogens is 2. The van der Waals surface area contributed by atoms with Crippen LogP contribution in [0.15, 0.2) is 54.7 Å². The second-order valence-electron chi connectivity index (χ2n) is 4.05. The molecule has 0 atom stereocenters. The summed E-state index contributed by atoms with van der Waals surface area (Å²) in [7, 11) is 0. The van der Waals surface area contributed by atoms with E-state index in [1.54, 1.807) is 11.3 Å². The third-order valence-corrected chi connectivity index (χ3v) is 3.59. The lowest BCUT2D eigenvalue weighted by atomic mass is 10.1. The summed E-state index contributed by atoms with van der Waals surface area (Å²) in [5.74, 6) is 0. The summed E-state index contributed by atoms with van der Waals surface area (Å²) in [6.07, 6.45) is 1.89. The zero-order valence-electron chi connectivity index (χ0n) is 10.00. The molecule has 0 unspecified atom stereocenters. The van der Waals surface area contributed by atoms with Crippen LogP contribution in [0.1, 0.15) is 4.88 Å². The van der Waals surface area contributed by atoms with Gasteiger partial charge in [-0.2, -0.15) is 0 Å². The normalized spacial score (nSPS) is 10.5. The van der Waals surface area contributed by atoms with Crippen molar-refractivity contribution < 1.29 is 0 Å². The van der Waals surface area contributed by atoms with E-state index in [1.165, 1.54) is 4.88 Å². The van der Waals surface area contributed by atoms with E-state index in [0.29, 0.717) is 0 Å². The number of hydrogen-bond acceptors (Lipinski definition) is 3. The molecule has 0 N–H and O–H groups in total. The third kappa shape index (κ3) is 2.17. The molecule has 0 bridgehead atoms. The summed E-state index contributed by atoms with van der Waals surface area (Å²) in [4.78, 5) is 10.3. The van der Waals surface area contributed by atoms with Gasteiger partial charge in [-0.3, -0.25) is 0 Å². The average molecular weight is 252 g/mol. The number of pyridine rings is 1. The number of benzene rings is 1. The average Bonchev–Trinajstić information content (AvgIpc) is 2.87. The van der Waals surface area contributed by atoms with Crippen LogP contribution in [0.4, 0.5) is 0 Å². The van der Waals surface area contributed by atoms with Crippen molar-refractivity contribution in [3.63, 3.8) is 0 Å². The van der Waals surface area contributed by atoms with Crippen molar-refractivity contribution in [2.75, 3.05) is 0 Å². The first kappa shape index (κ1) is 11.1. The quantitative estimate of drug-likeness (QED) is 0.683. The highest BCUT2D eigenvalue weighted by Gasteiger charge is 2.05. The molecule has 0 radical (unpaired) electrons. The van der Waals surface area contributed by atoms with Crippen molar-refractivity contribution in [2.45, 2.75) is 6.92 Å². The highest BCUT2D eigenvalue weighted by Crippen LogP contribution is 2.25. The molecule has 3 aromatic rings. The lowest BCUT2D eigenvalue weighted by Gasteiger charge is -2.02. The van der Waals surface area contributed by atoms with E-state index in [2.05, 4.69) is 29.0 Å². The second kappa shape index (κ2) is 4.70. The summed E-state index contributed by atoms with van der Waals surface area (Å²) >= 11 is 1.67. The Hall–Kier alpha value is -2.00. The van der Waals surface area contributed by atoms with E-state index < -0.39 is 0 Å². The molecule has 0 aliphatic heterocycles. The number of nitrogens with zero attached hydrogens (tertiary/aromatic N) is 2. The molecular formula is C15H12N2S. The van der Waals surface area contributed by atoms with E-state index in [-0.39, 0.29) is 0 Å². The molecule has 0 fully saturated rings. The first-order valence-corrected chi connectivity index (χ1v) is 6.60. The molecule has 0 aliphatic carbocycles. The molecule has 0 saturated carbocycles. The molecule has 0 aliphatic rings. The topological polar surface area (TPSA) is 25.8 Å². The summed E-state index contributed by atoms with van der Waals surface area (Å²) in [5, 5.41) is 0.977. The monoisotopic (exact) mass is 252 g/mol. The lowest BCUT2D eigenvalue weighted by molar-refractivity contribution is 1.29. The Kier molecular flexibility index (Phi) is 2.90. The van der Waals surface area contributed by atoms with Crippen LogP contribution in [-0.4, -0.2) is 9.97 Å². The van der Waals surface area contributed by atoms with Crippen LogP contribution in [0.25, 0.3) is 22.0 Å². The van der Waals surface area contributed by atoms with Gasteiger partial charge in [-0.1, -0.05) is 36.4 Å². The van der Waals surface area contributed by atoms with Crippen LogP contribution in [0.5, 0.6) is 0 Å². The maximum Gasteiger partial charge on any atom is 0.142 e. The Bertz CT molecular complexity index is 659. The molecule has 88 valence electrons. The number of aryl methyl sites for hydroxylation is 1. The van der Waals surface area contributed by atoms with Gasteiger partial charge in [0.2, 0.25) is 0 Å². The predicted octanol–water partition coefficient (Wildman–Crippen LogP) is 4.18. The van der Waals surface area contributed by atoms with Crippen LogP contribution in [0, 0.1) is 6.92 Å². The minimum absolute atomic E-state index is 0.939. The van der Waals surface area contributed by atoms with E-state index in [1.807, 2.05) is 42.6 Å². The molecular weight excluding hydrogens is 240 g/mol. The zero-order chi connectivity index (χ0) is 12.4. The molecule has 1 aromatic carbocycles. The van der Waals surface area contributed by atoms with Crippen molar-refractivity contribution in [1.82, 2.24) is 9.97 Å². The predicted molar refractivity (Wildman–Crippen MR) is 75.5 cm³/mol. The van der Waals surface area contributed by atoms with E-state index >= 15 is 0 Å². The number of rotatable bonds is 2. The van der Waals surface area contributed by atoms with Crippen LogP contribution < -0.4 is 0 Å². The van der Waals surface area contributed by atoms with Crippen molar-refractivity contribution in [3.8, 4) is 22.0 Å². The summed E-state index contributed by atoms with van der Waals surface area (Å²) in [6.45, 7) is 2.06. The Morgan fingerprint density at radius 3 is 2.39 bits per heavy atom. The maximum absolute atomic E-state index is 4.67. The first-order chi connectivity index (χ1) is 8.83. The molecule has 18 heavy (non-hydrogen) atoms. The van der Waals surface area contributed by atoms with Gasteiger partial charge in [0.1, 0.15) is 5.01 Å². The van der Waals surface area contributed by atoms with Crippen molar-refractivity contribution in [1.29, 1.82) is 0 Å². The Morgan fingerprint density at radius 2 is 1.67 bits per heavy atom. The molecule has 0 spiro atoms. The van der Waals surface area contributed by atoms with Gasteiger partial charge in [0, 0.05) is 16.6 Å². The minimum Gasteiger partial charge on any atom is -0.245 e. The van der Waals surface area contributed by atoms with E-state index in [4.69, 9.17) is 0 Å². The van der Waals surface area contributed by atoms with Crippen LogP contribution in [0.3, 0.4) is 0 Å². The Labute approximate surface area is 110 Å². The van der Waals surface area contributed by atoms with Gasteiger partial charge >= 0.3 is 0 Å². The van der Waals surface area contributed by atoms with Gasteiger partial charge in [0.15, 0.2) is 0 Å². The van der Waals surface area contributed by atoms with E-state index in [9.17, 15) is 0 Å². The van der Waals surface area contributed by atoms with Gasteiger partial charge in [0.25, 0.3) is 0 Å². The zero-order valence-corrected chi connectivity index (χ0v) is 10.8. The highest BCUT2D eigenvalue weighted by molar-refractivity contribution is 7.14. The summed E-state index contributed by atoms with van der Waals surface area (Å²) < 4.78 is 0. The van der Waals surface area contributed by atoms with Crippen molar-refractivity contribution in [2.24, 2.45) is 0 Å².